The first-order chi connectivity index (χ1) is 11.9. The van der Waals surface area contributed by atoms with Gasteiger partial charge in [0.2, 0.25) is 5.82 Å². The van der Waals surface area contributed by atoms with Crippen LogP contribution in [0.15, 0.2) is 22.2 Å². The van der Waals surface area contributed by atoms with E-state index in [0.717, 1.165) is 18.5 Å². The summed E-state index contributed by atoms with van der Waals surface area (Å²) in [5.74, 6) is 1.80. The van der Waals surface area contributed by atoms with E-state index >= 15 is 0 Å². The molecule has 25 heavy (non-hydrogen) atoms. The van der Waals surface area contributed by atoms with Gasteiger partial charge in [0.05, 0.1) is 4.92 Å². The Kier molecular flexibility index (Phi) is 4.78. The maximum atomic E-state index is 11.4. The molecular weight excluding hydrogens is 322 g/mol. The highest BCUT2D eigenvalue weighted by Gasteiger charge is 2.25. The zero-order valence-corrected chi connectivity index (χ0v) is 14.6. The second-order valence-electron chi connectivity index (χ2n) is 6.46. The summed E-state index contributed by atoms with van der Waals surface area (Å²) in [7, 11) is 0. The van der Waals surface area contributed by atoms with Gasteiger partial charge in [-0.25, -0.2) is 4.98 Å². The fraction of sp³-hybridized carbons (Fsp3) is 0.471. The molecule has 1 fully saturated rings. The molecule has 1 aliphatic rings. The smallest absolute Gasteiger partial charge is 0.311 e. The van der Waals surface area contributed by atoms with Gasteiger partial charge in [0.15, 0.2) is 5.82 Å². The number of nitro groups is 1. The summed E-state index contributed by atoms with van der Waals surface area (Å²) < 4.78 is 5.12. The Morgan fingerprint density at radius 3 is 2.56 bits per heavy atom. The molecule has 0 aliphatic carbocycles. The average Bonchev–Trinajstić information content (AvgIpc) is 2.99. The van der Waals surface area contributed by atoms with E-state index in [-0.39, 0.29) is 16.5 Å². The van der Waals surface area contributed by atoms with Crippen molar-refractivity contribution in [2.75, 3.05) is 18.0 Å². The van der Waals surface area contributed by atoms with Gasteiger partial charge < -0.3 is 9.42 Å². The molecule has 0 N–H and O–H groups in total. The van der Waals surface area contributed by atoms with Crippen LogP contribution in [0.1, 0.15) is 50.0 Å². The zero-order valence-electron chi connectivity index (χ0n) is 14.6. The number of hydrogen-bond donors (Lipinski definition) is 0. The molecule has 0 saturated carbocycles. The summed E-state index contributed by atoms with van der Waals surface area (Å²) in [6.45, 7) is 7.19. The zero-order chi connectivity index (χ0) is 18.0. The van der Waals surface area contributed by atoms with Crippen molar-refractivity contribution >= 4 is 17.6 Å². The van der Waals surface area contributed by atoms with Gasteiger partial charge >= 0.3 is 5.69 Å². The molecule has 3 heterocycles. The van der Waals surface area contributed by atoms with Crippen molar-refractivity contribution < 1.29 is 9.45 Å². The molecule has 3 rings (SSSR count). The van der Waals surface area contributed by atoms with Crippen molar-refractivity contribution in [1.82, 2.24) is 15.1 Å². The molecule has 2 aromatic rings. The van der Waals surface area contributed by atoms with Crippen LogP contribution in [0.5, 0.6) is 0 Å². The first kappa shape index (κ1) is 17.1. The Morgan fingerprint density at radius 2 is 2.00 bits per heavy atom. The van der Waals surface area contributed by atoms with Crippen LogP contribution in [-0.2, 0) is 0 Å². The number of pyridine rings is 1. The van der Waals surface area contributed by atoms with Crippen LogP contribution in [0.25, 0.3) is 6.08 Å². The molecule has 8 heteroatoms. The van der Waals surface area contributed by atoms with Gasteiger partial charge in [0.25, 0.3) is 5.89 Å². The molecule has 8 nitrogen and oxygen atoms in total. The number of anilines is 1. The second-order valence-corrected chi connectivity index (χ2v) is 6.46. The van der Waals surface area contributed by atoms with E-state index in [2.05, 4.69) is 15.1 Å². The number of aromatic nitrogens is 3. The molecule has 2 aromatic heterocycles. The number of hydrogen-bond acceptors (Lipinski definition) is 7. The van der Waals surface area contributed by atoms with Crippen molar-refractivity contribution in [3.8, 4) is 0 Å². The van der Waals surface area contributed by atoms with Gasteiger partial charge in [-0.15, -0.1) is 0 Å². The molecule has 0 unspecified atom stereocenters. The summed E-state index contributed by atoms with van der Waals surface area (Å²) in [4.78, 5) is 21.7. The van der Waals surface area contributed by atoms with Crippen LogP contribution in [0.4, 0.5) is 11.5 Å². The average molecular weight is 343 g/mol. The third kappa shape index (κ3) is 3.84. The topological polar surface area (TPSA) is 98.2 Å². The van der Waals surface area contributed by atoms with Gasteiger partial charge in [0, 0.05) is 30.9 Å². The van der Waals surface area contributed by atoms with Gasteiger partial charge in [0.1, 0.15) is 0 Å². The SMILES string of the molecule is Cc1noc(C=C2CCN(c3nc(C(C)C)ccc3[N+](=O)[O-])CC2)n1. The van der Waals surface area contributed by atoms with Crippen molar-refractivity contribution in [3.63, 3.8) is 0 Å². The van der Waals surface area contributed by atoms with Crippen molar-refractivity contribution in [2.45, 2.75) is 39.5 Å². The first-order valence-electron chi connectivity index (χ1n) is 8.34. The van der Waals surface area contributed by atoms with E-state index in [1.165, 1.54) is 5.57 Å². The fourth-order valence-corrected chi connectivity index (χ4v) is 2.85. The third-order valence-electron chi connectivity index (χ3n) is 4.24. The summed E-state index contributed by atoms with van der Waals surface area (Å²) in [5, 5.41) is 15.1. The van der Waals surface area contributed by atoms with E-state index in [1.807, 2.05) is 24.8 Å². The number of piperidine rings is 1. The fourth-order valence-electron chi connectivity index (χ4n) is 2.85. The molecule has 0 amide bonds. The summed E-state index contributed by atoms with van der Waals surface area (Å²) in [5.41, 5.74) is 2.12. The lowest BCUT2D eigenvalue weighted by molar-refractivity contribution is -0.384. The maximum Gasteiger partial charge on any atom is 0.311 e. The minimum absolute atomic E-state index is 0.0596. The van der Waals surface area contributed by atoms with Gasteiger partial charge in [-0.3, -0.25) is 10.1 Å². The van der Waals surface area contributed by atoms with Crippen LogP contribution in [-0.4, -0.2) is 33.1 Å². The molecule has 1 saturated heterocycles. The van der Waals surface area contributed by atoms with E-state index < -0.39 is 0 Å². The van der Waals surface area contributed by atoms with E-state index in [1.54, 1.807) is 19.1 Å². The Balaban J connectivity index is 1.79. The minimum Gasteiger partial charge on any atom is -0.350 e. The predicted molar refractivity (Wildman–Crippen MR) is 93.4 cm³/mol. The largest absolute Gasteiger partial charge is 0.350 e. The molecule has 132 valence electrons. The quantitative estimate of drug-likeness (QED) is 0.619. The van der Waals surface area contributed by atoms with Crippen LogP contribution >= 0.6 is 0 Å². The molecular formula is C17H21N5O3. The molecule has 1 aliphatic heterocycles. The normalized spacial score (nSPS) is 14.9. The highest BCUT2D eigenvalue weighted by Crippen LogP contribution is 2.31. The summed E-state index contributed by atoms with van der Waals surface area (Å²) >= 11 is 0. The van der Waals surface area contributed by atoms with E-state index in [0.29, 0.717) is 30.6 Å². The van der Waals surface area contributed by atoms with Crippen LogP contribution in [0.2, 0.25) is 0 Å². The highest BCUT2D eigenvalue weighted by atomic mass is 16.6. The predicted octanol–water partition coefficient (Wildman–Crippen LogP) is 3.49. The Bertz CT molecular complexity index is 802. The van der Waals surface area contributed by atoms with Crippen molar-refractivity contribution in [1.29, 1.82) is 0 Å². The number of rotatable bonds is 4. The second kappa shape index (κ2) is 7.00. The molecule has 0 spiro atoms. The van der Waals surface area contributed by atoms with Crippen molar-refractivity contribution in [2.24, 2.45) is 0 Å². The monoisotopic (exact) mass is 343 g/mol. The molecule has 0 bridgehead atoms. The highest BCUT2D eigenvalue weighted by molar-refractivity contribution is 5.59. The molecule has 0 radical (unpaired) electrons. The maximum absolute atomic E-state index is 11.4. The van der Waals surface area contributed by atoms with E-state index in [9.17, 15) is 10.1 Å². The van der Waals surface area contributed by atoms with Gasteiger partial charge in [-0.2, -0.15) is 4.98 Å². The Labute approximate surface area is 145 Å². The number of aryl methyl sites for hydroxylation is 1. The summed E-state index contributed by atoms with van der Waals surface area (Å²) in [6.07, 6.45) is 3.47. The minimum atomic E-state index is -0.362. The van der Waals surface area contributed by atoms with Gasteiger partial charge in [-0.05, 0) is 31.7 Å². The van der Waals surface area contributed by atoms with Crippen molar-refractivity contribution in [3.05, 3.63) is 45.2 Å². The van der Waals surface area contributed by atoms with E-state index in [4.69, 9.17) is 4.52 Å². The summed E-state index contributed by atoms with van der Waals surface area (Å²) in [6, 6.07) is 3.30. The van der Waals surface area contributed by atoms with Crippen LogP contribution in [0.3, 0.4) is 0 Å². The van der Waals surface area contributed by atoms with Crippen LogP contribution in [0, 0.1) is 17.0 Å². The lowest BCUT2D eigenvalue weighted by Gasteiger charge is -2.29. The van der Waals surface area contributed by atoms with Gasteiger partial charge in [-0.1, -0.05) is 24.6 Å². The number of nitrogens with zero attached hydrogens (tertiary/aromatic N) is 5. The molecule has 0 atom stereocenters. The lowest BCUT2D eigenvalue weighted by atomic mass is 10.0. The molecule has 0 aromatic carbocycles. The Morgan fingerprint density at radius 1 is 1.28 bits per heavy atom. The first-order valence-corrected chi connectivity index (χ1v) is 8.34. The lowest BCUT2D eigenvalue weighted by Crippen LogP contribution is -2.32. The van der Waals surface area contributed by atoms with Crippen LogP contribution < -0.4 is 4.90 Å². The standard InChI is InChI=1S/C17H21N5O3/c1-11(2)14-4-5-15(22(23)24)17(19-14)21-8-6-13(7-9-21)10-16-18-12(3)20-25-16/h4-5,10-11H,6-9H2,1-3H3. The Hall–Kier alpha value is -2.77. The third-order valence-corrected chi connectivity index (χ3v) is 4.24.